The van der Waals surface area contributed by atoms with Gasteiger partial charge in [-0.1, -0.05) is 36.4 Å². The van der Waals surface area contributed by atoms with Crippen molar-refractivity contribution in [2.45, 2.75) is 6.92 Å². The van der Waals surface area contributed by atoms with E-state index in [0.717, 1.165) is 5.56 Å². The standard InChI is InChI=1S/C18H16O4/c1-13(19)22-18-12-15(21-2)9-10-16(18)17(20)11-8-14-6-4-3-5-7-14/h3-12H,1-2H3. The van der Waals surface area contributed by atoms with Crippen LogP contribution < -0.4 is 9.47 Å². The molecule has 0 saturated heterocycles. The normalized spacial score (nSPS) is 10.5. The molecule has 0 heterocycles. The Balaban J connectivity index is 2.28. The molecule has 4 nitrogen and oxygen atoms in total. The van der Waals surface area contributed by atoms with E-state index in [1.807, 2.05) is 30.3 Å². The van der Waals surface area contributed by atoms with Gasteiger partial charge in [-0.15, -0.1) is 0 Å². The summed E-state index contributed by atoms with van der Waals surface area (Å²) in [5, 5.41) is 0. The van der Waals surface area contributed by atoms with Crippen molar-refractivity contribution < 1.29 is 19.1 Å². The van der Waals surface area contributed by atoms with E-state index in [4.69, 9.17) is 9.47 Å². The minimum absolute atomic E-state index is 0.189. The van der Waals surface area contributed by atoms with Crippen molar-refractivity contribution in [1.29, 1.82) is 0 Å². The maximum Gasteiger partial charge on any atom is 0.308 e. The Kier molecular flexibility index (Phi) is 5.09. The lowest BCUT2D eigenvalue weighted by Gasteiger charge is -2.08. The van der Waals surface area contributed by atoms with Crippen molar-refractivity contribution in [1.82, 2.24) is 0 Å². The number of methoxy groups -OCH3 is 1. The minimum Gasteiger partial charge on any atom is -0.497 e. The molecule has 2 aromatic rings. The Bertz CT molecular complexity index is 702. The Hall–Kier alpha value is -2.88. The Morgan fingerprint density at radius 2 is 1.77 bits per heavy atom. The van der Waals surface area contributed by atoms with Crippen LogP contribution in [0.4, 0.5) is 0 Å². The van der Waals surface area contributed by atoms with E-state index in [0.29, 0.717) is 11.3 Å². The predicted molar refractivity (Wildman–Crippen MR) is 84.1 cm³/mol. The molecule has 0 aliphatic heterocycles. The number of hydrogen-bond donors (Lipinski definition) is 0. The maximum absolute atomic E-state index is 12.3. The minimum atomic E-state index is -0.491. The van der Waals surface area contributed by atoms with Crippen molar-refractivity contribution in [3.63, 3.8) is 0 Å². The van der Waals surface area contributed by atoms with Crippen molar-refractivity contribution in [3.05, 3.63) is 65.7 Å². The molecular formula is C18H16O4. The molecule has 22 heavy (non-hydrogen) atoms. The summed E-state index contributed by atoms with van der Waals surface area (Å²) in [5.74, 6) is -0.0356. The van der Waals surface area contributed by atoms with Crippen LogP contribution in [0.2, 0.25) is 0 Å². The van der Waals surface area contributed by atoms with Crippen LogP contribution in [0.1, 0.15) is 22.8 Å². The van der Waals surface area contributed by atoms with Crippen LogP contribution >= 0.6 is 0 Å². The van der Waals surface area contributed by atoms with Gasteiger partial charge < -0.3 is 9.47 Å². The molecule has 4 heteroatoms. The van der Waals surface area contributed by atoms with Crippen molar-refractivity contribution in [2.24, 2.45) is 0 Å². The summed E-state index contributed by atoms with van der Waals surface area (Å²) in [6.45, 7) is 1.29. The lowest BCUT2D eigenvalue weighted by atomic mass is 10.1. The molecule has 2 rings (SSSR count). The second-order valence-electron chi connectivity index (χ2n) is 4.56. The van der Waals surface area contributed by atoms with Crippen LogP contribution in [0, 0.1) is 0 Å². The van der Waals surface area contributed by atoms with Crippen molar-refractivity contribution in [3.8, 4) is 11.5 Å². The maximum atomic E-state index is 12.3. The van der Waals surface area contributed by atoms with Crippen molar-refractivity contribution in [2.75, 3.05) is 7.11 Å². The molecule has 0 bridgehead atoms. The number of carbonyl (C=O) groups is 2. The topological polar surface area (TPSA) is 52.6 Å². The summed E-state index contributed by atoms with van der Waals surface area (Å²) in [7, 11) is 1.50. The van der Waals surface area contributed by atoms with Gasteiger partial charge in [0, 0.05) is 13.0 Å². The lowest BCUT2D eigenvalue weighted by Crippen LogP contribution is -2.06. The summed E-state index contributed by atoms with van der Waals surface area (Å²) >= 11 is 0. The number of ketones is 1. The second kappa shape index (κ2) is 7.22. The van der Waals surface area contributed by atoms with Gasteiger partial charge in [0.15, 0.2) is 5.78 Å². The summed E-state index contributed by atoms with van der Waals surface area (Å²) in [5.41, 5.74) is 1.22. The average Bonchev–Trinajstić information content (AvgIpc) is 2.53. The van der Waals surface area contributed by atoms with Crippen LogP contribution in [0.3, 0.4) is 0 Å². The Morgan fingerprint density at radius 1 is 1.05 bits per heavy atom. The highest BCUT2D eigenvalue weighted by Crippen LogP contribution is 2.26. The Morgan fingerprint density at radius 3 is 2.41 bits per heavy atom. The fourth-order valence-corrected chi connectivity index (χ4v) is 1.90. The monoisotopic (exact) mass is 296 g/mol. The van der Waals surface area contributed by atoms with E-state index in [2.05, 4.69) is 0 Å². The first-order valence-corrected chi connectivity index (χ1v) is 6.74. The molecule has 0 N–H and O–H groups in total. The van der Waals surface area contributed by atoms with Crippen LogP contribution in [-0.2, 0) is 4.79 Å². The quantitative estimate of drug-likeness (QED) is 0.367. The molecule has 0 spiro atoms. The zero-order valence-corrected chi connectivity index (χ0v) is 12.4. The smallest absolute Gasteiger partial charge is 0.308 e. The largest absolute Gasteiger partial charge is 0.497 e. The summed E-state index contributed by atoms with van der Waals surface area (Å²) in [6.07, 6.45) is 3.16. The van der Waals surface area contributed by atoms with E-state index >= 15 is 0 Å². The number of allylic oxidation sites excluding steroid dienone is 1. The van der Waals surface area contributed by atoms with Gasteiger partial charge in [-0.25, -0.2) is 0 Å². The molecule has 0 amide bonds. The highest BCUT2D eigenvalue weighted by atomic mass is 16.5. The van der Waals surface area contributed by atoms with E-state index in [9.17, 15) is 9.59 Å². The molecule has 0 aliphatic carbocycles. The summed E-state index contributed by atoms with van der Waals surface area (Å²) < 4.78 is 10.2. The first kappa shape index (κ1) is 15.5. The van der Waals surface area contributed by atoms with Crippen LogP contribution in [-0.4, -0.2) is 18.9 Å². The van der Waals surface area contributed by atoms with Crippen LogP contribution in [0.25, 0.3) is 6.08 Å². The third kappa shape index (κ3) is 4.06. The van der Waals surface area contributed by atoms with Gasteiger partial charge in [-0.2, -0.15) is 0 Å². The number of ether oxygens (including phenoxy) is 2. The molecule has 0 unspecified atom stereocenters. The van der Waals surface area contributed by atoms with Crippen LogP contribution in [0.5, 0.6) is 11.5 Å². The van der Waals surface area contributed by atoms with Gasteiger partial charge in [0.25, 0.3) is 0 Å². The molecule has 0 radical (unpaired) electrons. The third-order valence-corrected chi connectivity index (χ3v) is 2.93. The SMILES string of the molecule is COc1ccc(C(=O)C=Cc2ccccc2)c(OC(C)=O)c1. The first-order valence-electron chi connectivity index (χ1n) is 6.74. The molecule has 0 aromatic heterocycles. The average molecular weight is 296 g/mol. The van der Waals surface area contributed by atoms with E-state index in [1.165, 1.54) is 26.2 Å². The second-order valence-corrected chi connectivity index (χ2v) is 4.56. The molecule has 2 aromatic carbocycles. The van der Waals surface area contributed by atoms with Crippen molar-refractivity contribution >= 4 is 17.8 Å². The predicted octanol–water partition coefficient (Wildman–Crippen LogP) is 3.52. The fourth-order valence-electron chi connectivity index (χ4n) is 1.90. The zero-order chi connectivity index (χ0) is 15.9. The molecule has 0 atom stereocenters. The molecular weight excluding hydrogens is 280 g/mol. The number of esters is 1. The van der Waals surface area contributed by atoms with Gasteiger partial charge in [-0.05, 0) is 23.8 Å². The van der Waals surface area contributed by atoms with Crippen LogP contribution in [0.15, 0.2) is 54.6 Å². The molecule has 112 valence electrons. The summed E-state index contributed by atoms with van der Waals surface area (Å²) in [6, 6.07) is 14.2. The number of rotatable bonds is 5. The number of carbonyl (C=O) groups excluding carboxylic acids is 2. The highest BCUT2D eigenvalue weighted by Gasteiger charge is 2.13. The van der Waals surface area contributed by atoms with Gasteiger partial charge in [0.2, 0.25) is 0 Å². The molecule has 0 saturated carbocycles. The van der Waals surface area contributed by atoms with Gasteiger partial charge in [0.1, 0.15) is 11.5 Å². The Labute approximate surface area is 129 Å². The van der Waals surface area contributed by atoms with Gasteiger partial charge in [0.05, 0.1) is 12.7 Å². The van der Waals surface area contributed by atoms with E-state index in [1.54, 1.807) is 18.2 Å². The van der Waals surface area contributed by atoms with E-state index in [-0.39, 0.29) is 11.5 Å². The van der Waals surface area contributed by atoms with Gasteiger partial charge in [-0.3, -0.25) is 9.59 Å². The fraction of sp³-hybridized carbons (Fsp3) is 0.111. The number of benzene rings is 2. The van der Waals surface area contributed by atoms with E-state index < -0.39 is 5.97 Å². The first-order chi connectivity index (χ1) is 10.6. The molecule has 0 aliphatic rings. The zero-order valence-electron chi connectivity index (χ0n) is 12.4. The molecule has 0 fully saturated rings. The number of hydrogen-bond acceptors (Lipinski definition) is 4. The summed E-state index contributed by atoms with van der Waals surface area (Å²) in [4.78, 5) is 23.5. The third-order valence-electron chi connectivity index (χ3n) is 2.93. The lowest BCUT2D eigenvalue weighted by molar-refractivity contribution is -0.131. The van der Waals surface area contributed by atoms with Gasteiger partial charge >= 0.3 is 5.97 Å². The highest BCUT2D eigenvalue weighted by molar-refractivity contribution is 6.09.